The summed E-state index contributed by atoms with van der Waals surface area (Å²) in [6, 6.07) is 0.345. The molecule has 1 aliphatic heterocycles. The van der Waals surface area contributed by atoms with Crippen LogP contribution in [0.15, 0.2) is 0 Å². The molecule has 1 saturated heterocycles. The minimum Gasteiger partial charge on any atom is -0.295 e. The predicted octanol–water partition coefficient (Wildman–Crippen LogP) is 3.69. The van der Waals surface area contributed by atoms with Crippen LogP contribution in [0.1, 0.15) is 40.5 Å². The van der Waals surface area contributed by atoms with Gasteiger partial charge in [0.15, 0.2) is 0 Å². The Morgan fingerprint density at radius 3 is 2.16 bits per heavy atom. The summed E-state index contributed by atoms with van der Waals surface area (Å²) < 4.78 is 40.5. The van der Waals surface area contributed by atoms with Crippen LogP contribution in [-0.4, -0.2) is 41.5 Å². The highest BCUT2D eigenvalue weighted by Crippen LogP contribution is 2.27. The molecule has 0 unspecified atom stereocenters. The third-order valence-corrected chi connectivity index (χ3v) is 4.40. The molecule has 0 aliphatic carbocycles. The van der Waals surface area contributed by atoms with Crippen molar-refractivity contribution in [1.29, 1.82) is 0 Å². The minimum atomic E-state index is -4.07. The minimum absolute atomic E-state index is 0.158. The van der Waals surface area contributed by atoms with Crippen molar-refractivity contribution in [2.45, 2.75) is 57.5 Å². The molecule has 114 valence electrons. The van der Waals surface area contributed by atoms with Gasteiger partial charge < -0.3 is 0 Å². The van der Waals surface area contributed by atoms with E-state index in [4.69, 9.17) is 0 Å². The van der Waals surface area contributed by atoms with Crippen molar-refractivity contribution in [3.63, 3.8) is 0 Å². The summed E-state index contributed by atoms with van der Waals surface area (Å²) in [6.45, 7) is 8.89. The molecule has 1 rings (SSSR count). The average Bonchev–Trinajstić information content (AvgIpc) is 2.23. The lowest BCUT2D eigenvalue weighted by atomic mass is 9.91. The van der Waals surface area contributed by atoms with Gasteiger partial charge in [-0.05, 0) is 59.5 Å². The predicted molar refractivity (Wildman–Crippen MR) is 75.2 cm³/mol. The van der Waals surface area contributed by atoms with E-state index in [1.165, 1.54) is 4.90 Å². The van der Waals surface area contributed by atoms with E-state index in [-0.39, 0.29) is 4.75 Å². The molecule has 0 aromatic carbocycles. The summed E-state index contributed by atoms with van der Waals surface area (Å²) in [5, 5.41) is 0. The zero-order valence-corrected chi connectivity index (χ0v) is 13.0. The Labute approximate surface area is 118 Å². The Morgan fingerprint density at radius 2 is 1.74 bits per heavy atom. The van der Waals surface area contributed by atoms with Crippen LogP contribution in [0.3, 0.4) is 0 Å². The zero-order valence-electron chi connectivity index (χ0n) is 12.2. The van der Waals surface area contributed by atoms with Crippen molar-refractivity contribution in [1.82, 2.24) is 9.62 Å². The van der Waals surface area contributed by atoms with Crippen molar-refractivity contribution in [3.8, 4) is 0 Å². The van der Waals surface area contributed by atoms with Gasteiger partial charge in [0, 0.05) is 10.8 Å². The van der Waals surface area contributed by atoms with Gasteiger partial charge in [0.1, 0.15) is 0 Å². The van der Waals surface area contributed by atoms with E-state index < -0.39 is 12.7 Å². The Kier molecular flexibility index (Phi) is 6.01. The number of likely N-dealkylation sites (tertiary alicyclic amines) is 1. The highest BCUT2D eigenvalue weighted by atomic mass is 32.2. The Hall–Kier alpha value is 0.0600. The Morgan fingerprint density at radius 1 is 1.21 bits per heavy atom. The number of alkyl halides is 3. The molecule has 1 fully saturated rings. The summed E-state index contributed by atoms with van der Waals surface area (Å²) in [5.41, 5.74) is 0. The summed E-state index contributed by atoms with van der Waals surface area (Å²) in [6.07, 6.45) is -2.39. The largest absolute Gasteiger partial charge is 0.401 e. The average molecular weight is 298 g/mol. The summed E-state index contributed by atoms with van der Waals surface area (Å²) in [7, 11) is 0. The topological polar surface area (TPSA) is 15.3 Å². The normalized spacial score (nSPS) is 21.6. The highest BCUT2D eigenvalue weighted by molar-refractivity contribution is 7.98. The SMILES string of the molecule is C[C@@H](NSC(C)(C)C)C1CCN(CC(F)(F)F)CC1. The van der Waals surface area contributed by atoms with E-state index >= 15 is 0 Å². The Balaban J connectivity index is 2.29. The number of piperidine rings is 1. The smallest absolute Gasteiger partial charge is 0.295 e. The molecule has 1 heterocycles. The lowest BCUT2D eigenvalue weighted by Crippen LogP contribution is -2.44. The number of nitrogens with zero attached hydrogens (tertiary/aromatic N) is 1. The van der Waals surface area contributed by atoms with Crippen LogP contribution in [0.4, 0.5) is 13.2 Å². The molecule has 0 aromatic heterocycles. The maximum Gasteiger partial charge on any atom is 0.401 e. The first kappa shape index (κ1) is 17.1. The van der Waals surface area contributed by atoms with Crippen LogP contribution >= 0.6 is 11.9 Å². The Bertz CT molecular complexity index is 268. The van der Waals surface area contributed by atoms with Crippen molar-refractivity contribution >= 4 is 11.9 Å². The van der Waals surface area contributed by atoms with E-state index in [9.17, 15) is 13.2 Å². The van der Waals surface area contributed by atoms with Crippen molar-refractivity contribution in [2.75, 3.05) is 19.6 Å². The fourth-order valence-corrected chi connectivity index (χ4v) is 2.96. The fraction of sp³-hybridized carbons (Fsp3) is 1.00. The van der Waals surface area contributed by atoms with Crippen molar-refractivity contribution < 1.29 is 13.2 Å². The number of hydrogen-bond acceptors (Lipinski definition) is 3. The van der Waals surface area contributed by atoms with Gasteiger partial charge in [-0.3, -0.25) is 9.62 Å². The number of rotatable bonds is 4. The molecule has 1 atom stereocenters. The fourth-order valence-electron chi connectivity index (χ4n) is 2.23. The van der Waals surface area contributed by atoms with Crippen molar-refractivity contribution in [2.24, 2.45) is 5.92 Å². The molecule has 1 aliphatic rings. The number of nitrogens with one attached hydrogen (secondary N) is 1. The second kappa shape index (κ2) is 6.68. The van der Waals surface area contributed by atoms with Crippen LogP contribution in [0, 0.1) is 5.92 Å². The van der Waals surface area contributed by atoms with Gasteiger partial charge in [0.05, 0.1) is 6.54 Å². The van der Waals surface area contributed by atoms with Gasteiger partial charge in [-0.15, -0.1) is 0 Å². The maximum atomic E-state index is 12.3. The third-order valence-electron chi connectivity index (χ3n) is 3.29. The van der Waals surface area contributed by atoms with Crippen LogP contribution in [0.2, 0.25) is 0 Å². The molecule has 0 bridgehead atoms. The molecule has 0 saturated carbocycles. The molecule has 2 nitrogen and oxygen atoms in total. The standard InChI is InChI=1S/C13H25F3N2S/c1-10(17-19-12(2,3)4)11-5-7-18(8-6-11)9-13(14,15)16/h10-11,17H,5-9H2,1-4H3/t10-/m1/s1. The zero-order chi connectivity index (χ0) is 14.7. The molecule has 19 heavy (non-hydrogen) atoms. The van der Waals surface area contributed by atoms with E-state index in [1.54, 1.807) is 11.9 Å². The molecule has 0 spiro atoms. The van der Waals surface area contributed by atoms with Gasteiger partial charge in [-0.2, -0.15) is 13.2 Å². The molecular formula is C13H25F3N2S. The van der Waals surface area contributed by atoms with Gasteiger partial charge >= 0.3 is 6.18 Å². The van der Waals surface area contributed by atoms with Crippen molar-refractivity contribution in [3.05, 3.63) is 0 Å². The van der Waals surface area contributed by atoms with Gasteiger partial charge in [-0.25, -0.2) is 0 Å². The summed E-state index contributed by atoms with van der Waals surface area (Å²) in [4.78, 5) is 1.51. The first-order valence-electron chi connectivity index (χ1n) is 6.79. The van der Waals surface area contributed by atoms with Gasteiger partial charge in [-0.1, -0.05) is 11.9 Å². The monoisotopic (exact) mass is 298 g/mol. The molecule has 0 amide bonds. The quantitative estimate of drug-likeness (QED) is 0.797. The first-order chi connectivity index (χ1) is 8.57. The van der Waals surface area contributed by atoms with E-state index in [2.05, 4.69) is 32.4 Å². The van der Waals surface area contributed by atoms with Crippen LogP contribution in [0.5, 0.6) is 0 Å². The molecule has 1 N–H and O–H groups in total. The van der Waals surface area contributed by atoms with Gasteiger partial charge in [0.25, 0.3) is 0 Å². The molecule has 0 aromatic rings. The van der Waals surface area contributed by atoms with Crippen LogP contribution in [0.25, 0.3) is 0 Å². The third kappa shape index (κ3) is 7.42. The summed E-state index contributed by atoms with van der Waals surface area (Å²) in [5.74, 6) is 0.472. The lowest BCUT2D eigenvalue weighted by Gasteiger charge is -2.36. The van der Waals surface area contributed by atoms with Crippen LogP contribution < -0.4 is 4.72 Å². The lowest BCUT2D eigenvalue weighted by molar-refractivity contribution is -0.148. The van der Waals surface area contributed by atoms with Crippen LogP contribution in [-0.2, 0) is 0 Å². The van der Waals surface area contributed by atoms with E-state index in [1.807, 2.05) is 0 Å². The maximum absolute atomic E-state index is 12.3. The summed E-state index contributed by atoms with van der Waals surface area (Å²) >= 11 is 1.70. The molecule has 0 radical (unpaired) electrons. The number of hydrogen-bond donors (Lipinski definition) is 1. The van der Waals surface area contributed by atoms with E-state index in [0.29, 0.717) is 25.0 Å². The second-order valence-corrected chi connectivity index (χ2v) is 8.01. The number of halogens is 3. The molecular weight excluding hydrogens is 273 g/mol. The van der Waals surface area contributed by atoms with E-state index in [0.717, 1.165) is 12.8 Å². The molecule has 6 heteroatoms. The van der Waals surface area contributed by atoms with Gasteiger partial charge in [0.2, 0.25) is 0 Å². The second-order valence-electron chi connectivity index (χ2n) is 6.35. The first-order valence-corrected chi connectivity index (χ1v) is 7.61. The highest BCUT2D eigenvalue weighted by Gasteiger charge is 2.33.